The summed E-state index contributed by atoms with van der Waals surface area (Å²) in [4.78, 5) is 10.0. The highest BCUT2D eigenvalue weighted by Crippen LogP contribution is 2.29. The number of aryl methyl sites for hydroxylation is 2. The molecule has 1 aromatic heterocycles. The first-order chi connectivity index (χ1) is 10.2. The van der Waals surface area contributed by atoms with E-state index in [0.29, 0.717) is 12.6 Å². The fraction of sp³-hybridized carbons (Fsp3) is 0.706. The van der Waals surface area contributed by atoms with Crippen LogP contribution in [0.5, 0.6) is 0 Å². The quantitative estimate of drug-likeness (QED) is 0.923. The Bertz CT molecular complexity index is 500. The first-order valence-electron chi connectivity index (χ1n) is 8.39. The van der Waals surface area contributed by atoms with Crippen LogP contribution >= 0.6 is 0 Å². The maximum atomic E-state index is 6.03. The zero-order valence-corrected chi connectivity index (χ0v) is 13.4. The van der Waals surface area contributed by atoms with Gasteiger partial charge < -0.3 is 15.5 Å². The molecular weight excluding hydrogens is 260 g/mol. The molecule has 3 rings (SSSR count). The Balaban J connectivity index is 1.97. The van der Waals surface area contributed by atoms with Gasteiger partial charge in [-0.2, -0.15) is 0 Å². The van der Waals surface area contributed by atoms with E-state index in [1.165, 1.54) is 48.4 Å². The lowest BCUT2D eigenvalue weighted by atomic mass is 10.1. The van der Waals surface area contributed by atoms with E-state index < -0.39 is 0 Å². The summed E-state index contributed by atoms with van der Waals surface area (Å²) in [7, 11) is 2.23. The number of rotatable bonds is 3. The number of anilines is 1. The highest BCUT2D eigenvalue weighted by atomic mass is 15.3. The molecule has 2 heterocycles. The molecule has 0 radical (unpaired) electrons. The summed E-state index contributed by atoms with van der Waals surface area (Å²) < 4.78 is 0. The summed E-state index contributed by atoms with van der Waals surface area (Å²) in [6.45, 7) is 6.28. The number of hydrogen-bond acceptors (Lipinski definition) is 4. The Morgan fingerprint density at radius 3 is 2.90 bits per heavy atom. The number of hydrogen-bond donors (Lipinski definition) is 1. The van der Waals surface area contributed by atoms with Gasteiger partial charge in [-0.1, -0.05) is 6.92 Å². The molecule has 1 atom stereocenters. The third-order valence-corrected chi connectivity index (χ3v) is 4.97. The molecule has 1 aliphatic carbocycles. The molecule has 1 fully saturated rings. The van der Waals surface area contributed by atoms with Crippen molar-refractivity contribution >= 4 is 5.82 Å². The van der Waals surface area contributed by atoms with Crippen LogP contribution in [-0.4, -0.2) is 42.6 Å². The zero-order chi connectivity index (χ0) is 14.8. The lowest BCUT2D eigenvalue weighted by Crippen LogP contribution is -2.41. The van der Waals surface area contributed by atoms with Gasteiger partial charge in [-0.15, -0.1) is 0 Å². The summed E-state index contributed by atoms with van der Waals surface area (Å²) in [6, 6.07) is 2.88. The fourth-order valence-electron chi connectivity index (χ4n) is 3.78. The SMILES string of the molecule is CCC1CN(C)CCCN1c1nc2c(cc1CN)CCC2. The zero-order valence-electron chi connectivity index (χ0n) is 13.4. The monoisotopic (exact) mass is 288 g/mol. The number of fused-ring (bicyclic) bond motifs is 1. The minimum atomic E-state index is 0.551. The second-order valence-corrected chi connectivity index (χ2v) is 6.51. The maximum absolute atomic E-state index is 6.03. The predicted molar refractivity (Wildman–Crippen MR) is 87.7 cm³/mol. The molecule has 1 aliphatic heterocycles. The summed E-state index contributed by atoms with van der Waals surface area (Å²) in [5.41, 5.74) is 10.0. The first kappa shape index (κ1) is 14.8. The normalized spacial score (nSPS) is 23.2. The highest BCUT2D eigenvalue weighted by Gasteiger charge is 2.26. The van der Waals surface area contributed by atoms with E-state index >= 15 is 0 Å². The van der Waals surface area contributed by atoms with Crippen LogP contribution in [0.15, 0.2) is 6.07 Å². The lowest BCUT2D eigenvalue weighted by molar-refractivity contribution is 0.327. The molecule has 4 nitrogen and oxygen atoms in total. The van der Waals surface area contributed by atoms with Crippen molar-refractivity contribution in [1.82, 2.24) is 9.88 Å². The van der Waals surface area contributed by atoms with Gasteiger partial charge in [0, 0.05) is 36.9 Å². The second-order valence-electron chi connectivity index (χ2n) is 6.51. The average molecular weight is 288 g/mol. The van der Waals surface area contributed by atoms with Gasteiger partial charge >= 0.3 is 0 Å². The first-order valence-corrected chi connectivity index (χ1v) is 8.39. The fourth-order valence-corrected chi connectivity index (χ4v) is 3.78. The van der Waals surface area contributed by atoms with Gasteiger partial charge in [0.25, 0.3) is 0 Å². The van der Waals surface area contributed by atoms with E-state index in [1.807, 2.05) is 0 Å². The van der Waals surface area contributed by atoms with Crippen molar-refractivity contribution in [1.29, 1.82) is 0 Å². The van der Waals surface area contributed by atoms with Crippen molar-refractivity contribution in [3.8, 4) is 0 Å². The number of likely N-dealkylation sites (N-methyl/N-ethyl adjacent to an activating group) is 1. The van der Waals surface area contributed by atoms with E-state index in [9.17, 15) is 0 Å². The number of nitrogens with two attached hydrogens (primary N) is 1. The Morgan fingerprint density at radius 2 is 2.14 bits per heavy atom. The lowest BCUT2D eigenvalue weighted by Gasteiger charge is -2.33. The largest absolute Gasteiger partial charge is 0.352 e. The molecular formula is C17H28N4. The molecule has 4 heteroatoms. The Morgan fingerprint density at radius 1 is 1.29 bits per heavy atom. The number of aromatic nitrogens is 1. The molecule has 0 saturated carbocycles. The molecule has 2 N–H and O–H groups in total. The standard InChI is InChI=1S/C17H28N4/c1-3-15-12-20(2)8-5-9-21(15)17-14(11-18)10-13-6-4-7-16(13)19-17/h10,15H,3-9,11-12,18H2,1-2H3. The van der Waals surface area contributed by atoms with Crippen LogP contribution in [0.1, 0.15) is 43.0 Å². The molecule has 116 valence electrons. The second kappa shape index (κ2) is 6.32. The molecule has 1 saturated heterocycles. The van der Waals surface area contributed by atoms with Gasteiger partial charge in [0.1, 0.15) is 5.82 Å². The number of nitrogens with zero attached hydrogens (tertiary/aromatic N) is 3. The highest BCUT2D eigenvalue weighted by molar-refractivity contribution is 5.52. The minimum Gasteiger partial charge on any atom is -0.352 e. The van der Waals surface area contributed by atoms with Crippen LogP contribution in [0.25, 0.3) is 0 Å². The van der Waals surface area contributed by atoms with Crippen molar-refractivity contribution in [3.63, 3.8) is 0 Å². The Kier molecular flexibility index (Phi) is 4.45. The molecule has 0 amide bonds. The maximum Gasteiger partial charge on any atom is 0.133 e. The summed E-state index contributed by atoms with van der Waals surface area (Å²) >= 11 is 0. The van der Waals surface area contributed by atoms with Crippen molar-refractivity contribution in [3.05, 3.63) is 22.9 Å². The van der Waals surface area contributed by atoms with Gasteiger partial charge in [0.2, 0.25) is 0 Å². The molecule has 0 bridgehead atoms. The van der Waals surface area contributed by atoms with Crippen LogP contribution in [0.2, 0.25) is 0 Å². The van der Waals surface area contributed by atoms with E-state index in [-0.39, 0.29) is 0 Å². The molecule has 1 aromatic rings. The Hall–Kier alpha value is -1.13. The van der Waals surface area contributed by atoms with E-state index in [2.05, 4.69) is 29.8 Å². The Labute approximate surface area is 128 Å². The molecule has 0 spiro atoms. The summed E-state index contributed by atoms with van der Waals surface area (Å²) in [5.74, 6) is 1.17. The van der Waals surface area contributed by atoms with Crippen molar-refractivity contribution < 1.29 is 0 Å². The average Bonchev–Trinajstić information content (AvgIpc) is 2.87. The van der Waals surface area contributed by atoms with Crippen LogP contribution in [-0.2, 0) is 19.4 Å². The van der Waals surface area contributed by atoms with Gasteiger partial charge in [-0.3, -0.25) is 0 Å². The predicted octanol–water partition coefficient (Wildman–Crippen LogP) is 1.95. The van der Waals surface area contributed by atoms with Gasteiger partial charge in [0.15, 0.2) is 0 Å². The summed E-state index contributed by atoms with van der Waals surface area (Å²) in [5, 5.41) is 0. The van der Waals surface area contributed by atoms with Crippen LogP contribution in [0, 0.1) is 0 Å². The van der Waals surface area contributed by atoms with Crippen molar-refractivity contribution in [2.24, 2.45) is 5.73 Å². The molecule has 21 heavy (non-hydrogen) atoms. The molecule has 1 unspecified atom stereocenters. The topological polar surface area (TPSA) is 45.4 Å². The van der Waals surface area contributed by atoms with Gasteiger partial charge in [0.05, 0.1) is 0 Å². The third kappa shape index (κ3) is 2.92. The van der Waals surface area contributed by atoms with Crippen LogP contribution < -0.4 is 10.6 Å². The van der Waals surface area contributed by atoms with Gasteiger partial charge in [-0.05, 0) is 57.3 Å². The number of pyridine rings is 1. The van der Waals surface area contributed by atoms with Crippen molar-refractivity contribution in [2.75, 3.05) is 31.6 Å². The van der Waals surface area contributed by atoms with E-state index in [0.717, 1.165) is 25.9 Å². The van der Waals surface area contributed by atoms with E-state index in [1.54, 1.807) is 0 Å². The molecule has 0 aromatic carbocycles. The van der Waals surface area contributed by atoms with E-state index in [4.69, 9.17) is 10.7 Å². The van der Waals surface area contributed by atoms with Gasteiger partial charge in [-0.25, -0.2) is 4.98 Å². The summed E-state index contributed by atoms with van der Waals surface area (Å²) in [6.07, 6.45) is 5.92. The smallest absolute Gasteiger partial charge is 0.133 e. The van der Waals surface area contributed by atoms with Crippen LogP contribution in [0.4, 0.5) is 5.82 Å². The minimum absolute atomic E-state index is 0.551. The molecule has 2 aliphatic rings. The van der Waals surface area contributed by atoms with Crippen LogP contribution in [0.3, 0.4) is 0 Å². The van der Waals surface area contributed by atoms with Crippen molar-refractivity contribution in [2.45, 2.75) is 51.6 Å². The third-order valence-electron chi connectivity index (χ3n) is 4.97.